The number of nitrogens with zero attached hydrogens (tertiary/aromatic N) is 2. The number of rotatable bonds is 6. The van der Waals surface area contributed by atoms with Gasteiger partial charge in [-0.2, -0.15) is 0 Å². The highest BCUT2D eigenvalue weighted by molar-refractivity contribution is 8.18. The SMILES string of the molecule is O=C1S/C(=C\c2ccc(N3CCOCC3)cc2)C(=O)N1CCOc1ccccc1Cl. The van der Waals surface area contributed by atoms with E-state index in [0.717, 1.165) is 49.3 Å². The van der Waals surface area contributed by atoms with Gasteiger partial charge in [0.05, 0.1) is 29.7 Å². The Kier molecular flexibility index (Phi) is 6.62. The summed E-state index contributed by atoms with van der Waals surface area (Å²) in [7, 11) is 0. The number of morpholine rings is 1. The number of imide groups is 1. The number of hydrogen-bond donors (Lipinski definition) is 0. The molecule has 0 saturated carbocycles. The number of anilines is 1. The Bertz CT molecular complexity index is 958. The number of hydrogen-bond acceptors (Lipinski definition) is 6. The number of amides is 2. The number of halogens is 1. The second kappa shape index (κ2) is 9.55. The normalized spacial score (nSPS) is 18.4. The zero-order valence-electron chi connectivity index (χ0n) is 16.3. The van der Waals surface area contributed by atoms with Crippen molar-refractivity contribution in [1.82, 2.24) is 4.90 Å². The number of para-hydroxylation sites is 1. The van der Waals surface area contributed by atoms with Crippen molar-refractivity contribution in [3.8, 4) is 5.75 Å². The average Bonchev–Trinajstić information content (AvgIpc) is 3.03. The quantitative estimate of drug-likeness (QED) is 0.619. The molecule has 8 heteroatoms. The Morgan fingerprint density at radius 3 is 2.53 bits per heavy atom. The molecule has 2 aliphatic rings. The third-order valence-corrected chi connectivity index (χ3v) is 6.07. The zero-order chi connectivity index (χ0) is 20.9. The monoisotopic (exact) mass is 444 g/mol. The maximum atomic E-state index is 12.7. The molecule has 2 heterocycles. The van der Waals surface area contributed by atoms with Crippen LogP contribution in [-0.4, -0.2) is 55.5 Å². The summed E-state index contributed by atoms with van der Waals surface area (Å²) in [5, 5.41) is 0.200. The first-order valence-corrected chi connectivity index (χ1v) is 10.9. The van der Waals surface area contributed by atoms with Crippen LogP contribution in [0.25, 0.3) is 6.08 Å². The maximum absolute atomic E-state index is 12.7. The first kappa shape index (κ1) is 20.8. The molecule has 0 atom stereocenters. The molecule has 6 nitrogen and oxygen atoms in total. The van der Waals surface area contributed by atoms with E-state index in [1.165, 1.54) is 4.90 Å². The van der Waals surface area contributed by atoms with E-state index in [2.05, 4.69) is 4.90 Å². The first-order chi connectivity index (χ1) is 14.6. The zero-order valence-corrected chi connectivity index (χ0v) is 17.8. The van der Waals surface area contributed by atoms with Crippen LogP contribution in [0.15, 0.2) is 53.4 Å². The molecule has 2 saturated heterocycles. The van der Waals surface area contributed by atoms with Crippen molar-refractivity contribution < 1.29 is 19.1 Å². The molecule has 0 radical (unpaired) electrons. The molecule has 30 heavy (non-hydrogen) atoms. The van der Waals surface area contributed by atoms with E-state index in [-0.39, 0.29) is 24.3 Å². The van der Waals surface area contributed by atoms with Gasteiger partial charge in [-0.15, -0.1) is 0 Å². The third-order valence-electron chi connectivity index (χ3n) is 4.85. The van der Waals surface area contributed by atoms with Crippen molar-refractivity contribution >= 4 is 46.3 Å². The summed E-state index contributed by atoms with van der Waals surface area (Å²) in [5.74, 6) is 0.229. The fourth-order valence-corrected chi connectivity index (χ4v) is 4.31. The van der Waals surface area contributed by atoms with Gasteiger partial charge in [0.25, 0.3) is 11.1 Å². The van der Waals surface area contributed by atoms with E-state index >= 15 is 0 Å². The summed E-state index contributed by atoms with van der Waals surface area (Å²) in [6.45, 7) is 3.56. The molecule has 2 aromatic carbocycles. The molecule has 4 rings (SSSR count). The summed E-state index contributed by atoms with van der Waals surface area (Å²) in [5.41, 5.74) is 2.00. The molecule has 0 aromatic heterocycles. The lowest BCUT2D eigenvalue weighted by atomic mass is 10.1. The summed E-state index contributed by atoms with van der Waals surface area (Å²) >= 11 is 7.00. The van der Waals surface area contributed by atoms with Gasteiger partial charge in [0.2, 0.25) is 0 Å². The van der Waals surface area contributed by atoms with Crippen molar-refractivity contribution in [2.75, 3.05) is 44.4 Å². The van der Waals surface area contributed by atoms with Crippen LogP contribution in [0, 0.1) is 0 Å². The van der Waals surface area contributed by atoms with Gasteiger partial charge in [-0.05, 0) is 47.7 Å². The number of ether oxygens (including phenoxy) is 2. The van der Waals surface area contributed by atoms with E-state index in [1.807, 2.05) is 36.4 Å². The summed E-state index contributed by atoms with van der Waals surface area (Å²) in [6.07, 6.45) is 1.75. The summed E-state index contributed by atoms with van der Waals surface area (Å²) < 4.78 is 11.0. The lowest BCUT2D eigenvalue weighted by Gasteiger charge is -2.28. The van der Waals surface area contributed by atoms with Gasteiger partial charge >= 0.3 is 0 Å². The molecule has 0 spiro atoms. The van der Waals surface area contributed by atoms with Crippen LogP contribution in [0.2, 0.25) is 5.02 Å². The second-order valence-corrected chi connectivity index (χ2v) is 8.20. The second-order valence-electron chi connectivity index (χ2n) is 6.80. The van der Waals surface area contributed by atoms with Crippen LogP contribution in [0.3, 0.4) is 0 Å². The summed E-state index contributed by atoms with van der Waals surface area (Å²) in [6, 6.07) is 15.1. The Morgan fingerprint density at radius 1 is 1.07 bits per heavy atom. The molecule has 0 N–H and O–H groups in total. The van der Waals surface area contributed by atoms with E-state index in [0.29, 0.717) is 15.7 Å². The molecule has 0 aliphatic carbocycles. The fraction of sp³-hybridized carbons (Fsp3) is 0.273. The van der Waals surface area contributed by atoms with Crippen LogP contribution in [0.1, 0.15) is 5.56 Å². The Labute approximate surface area is 184 Å². The minimum Gasteiger partial charge on any atom is -0.490 e. The van der Waals surface area contributed by atoms with Gasteiger partial charge in [-0.3, -0.25) is 14.5 Å². The van der Waals surface area contributed by atoms with Crippen molar-refractivity contribution in [3.05, 3.63) is 64.0 Å². The highest BCUT2D eigenvalue weighted by Crippen LogP contribution is 2.32. The molecule has 0 unspecified atom stereocenters. The van der Waals surface area contributed by atoms with Crippen molar-refractivity contribution in [1.29, 1.82) is 0 Å². The number of carbonyl (C=O) groups is 2. The molecular weight excluding hydrogens is 424 g/mol. The smallest absolute Gasteiger partial charge is 0.293 e. The highest BCUT2D eigenvalue weighted by Gasteiger charge is 2.34. The van der Waals surface area contributed by atoms with E-state index in [1.54, 1.807) is 18.2 Å². The average molecular weight is 445 g/mol. The van der Waals surface area contributed by atoms with Crippen LogP contribution < -0.4 is 9.64 Å². The molecule has 2 aliphatic heterocycles. The van der Waals surface area contributed by atoms with Gasteiger partial charge in [0.1, 0.15) is 12.4 Å². The van der Waals surface area contributed by atoms with Gasteiger partial charge in [-0.1, -0.05) is 35.9 Å². The van der Waals surface area contributed by atoms with Gasteiger partial charge in [-0.25, -0.2) is 0 Å². The van der Waals surface area contributed by atoms with Gasteiger partial charge < -0.3 is 14.4 Å². The van der Waals surface area contributed by atoms with Gasteiger partial charge in [0.15, 0.2) is 0 Å². The van der Waals surface area contributed by atoms with Crippen LogP contribution >= 0.6 is 23.4 Å². The number of thioether (sulfide) groups is 1. The minimum atomic E-state index is -0.301. The predicted octanol–water partition coefficient (Wildman–Crippen LogP) is 4.29. The Balaban J connectivity index is 1.37. The lowest BCUT2D eigenvalue weighted by Crippen LogP contribution is -2.36. The number of benzene rings is 2. The Hall–Kier alpha value is -2.48. The molecule has 2 aromatic rings. The summed E-state index contributed by atoms with van der Waals surface area (Å²) in [4.78, 5) is 28.8. The third kappa shape index (κ3) is 4.80. The molecule has 0 bridgehead atoms. The van der Waals surface area contributed by atoms with Crippen molar-refractivity contribution in [2.45, 2.75) is 0 Å². The van der Waals surface area contributed by atoms with Crippen molar-refractivity contribution in [2.24, 2.45) is 0 Å². The topological polar surface area (TPSA) is 59.1 Å². The Morgan fingerprint density at radius 2 is 1.80 bits per heavy atom. The molecule has 2 amide bonds. The maximum Gasteiger partial charge on any atom is 0.293 e. The minimum absolute atomic E-state index is 0.170. The van der Waals surface area contributed by atoms with Crippen LogP contribution in [-0.2, 0) is 9.53 Å². The van der Waals surface area contributed by atoms with Crippen molar-refractivity contribution in [3.63, 3.8) is 0 Å². The fourth-order valence-electron chi connectivity index (χ4n) is 3.26. The molecule has 156 valence electrons. The van der Waals surface area contributed by atoms with E-state index in [4.69, 9.17) is 21.1 Å². The van der Waals surface area contributed by atoms with Gasteiger partial charge in [0, 0.05) is 18.8 Å². The number of carbonyl (C=O) groups excluding carboxylic acids is 2. The standard InChI is InChI=1S/C22H21ClN2O4S/c23-18-3-1-2-4-19(18)29-14-11-25-21(26)20(30-22(25)27)15-16-5-7-17(8-6-16)24-9-12-28-13-10-24/h1-8,15H,9-14H2/b20-15-. The van der Waals surface area contributed by atoms with Crippen LogP contribution in [0.5, 0.6) is 5.75 Å². The van der Waals surface area contributed by atoms with Crippen LogP contribution in [0.4, 0.5) is 10.5 Å². The lowest BCUT2D eigenvalue weighted by molar-refractivity contribution is -0.123. The molecular formula is C22H21ClN2O4S. The molecule has 2 fully saturated rings. The van der Waals surface area contributed by atoms with E-state index < -0.39 is 0 Å². The first-order valence-electron chi connectivity index (χ1n) is 9.67. The highest BCUT2D eigenvalue weighted by atomic mass is 35.5. The largest absolute Gasteiger partial charge is 0.490 e. The van der Waals surface area contributed by atoms with E-state index in [9.17, 15) is 9.59 Å². The predicted molar refractivity (Wildman–Crippen MR) is 119 cm³/mol.